The molecule has 0 heterocycles. The molecule has 3 rings (SSSR count). The van der Waals surface area contributed by atoms with E-state index in [1.54, 1.807) is 18.2 Å². The van der Waals surface area contributed by atoms with E-state index < -0.39 is 17.8 Å². The van der Waals surface area contributed by atoms with Crippen LogP contribution in [0.5, 0.6) is 0 Å². The first kappa shape index (κ1) is 19.5. The molecule has 0 spiro atoms. The van der Waals surface area contributed by atoms with E-state index in [1.165, 1.54) is 24.3 Å². The quantitative estimate of drug-likeness (QED) is 0.555. The molecule has 1 atom stereocenters. The maximum atomic E-state index is 13.4. The van der Waals surface area contributed by atoms with Crippen LogP contribution >= 0.6 is 0 Å². The van der Waals surface area contributed by atoms with Gasteiger partial charge in [0.15, 0.2) is 0 Å². The van der Waals surface area contributed by atoms with Crippen molar-refractivity contribution in [2.45, 2.75) is 19.1 Å². The van der Waals surface area contributed by atoms with E-state index in [0.29, 0.717) is 18.7 Å². The summed E-state index contributed by atoms with van der Waals surface area (Å²) in [5, 5.41) is 6.29. The van der Waals surface area contributed by atoms with Crippen molar-refractivity contribution in [1.29, 1.82) is 0 Å². The molecule has 1 unspecified atom stereocenters. The lowest BCUT2D eigenvalue weighted by Gasteiger charge is -2.16. The van der Waals surface area contributed by atoms with Gasteiger partial charge >= 0.3 is 0 Å². The third-order valence-corrected chi connectivity index (χ3v) is 4.32. The lowest BCUT2D eigenvalue weighted by molar-refractivity contribution is -0.120. The second kappa shape index (κ2) is 9.10. The van der Waals surface area contributed by atoms with Gasteiger partial charge in [-0.05, 0) is 53.1 Å². The average molecular weight is 381 g/mol. The van der Waals surface area contributed by atoms with E-state index in [9.17, 15) is 13.6 Å². The molecule has 4 N–H and O–H groups in total. The number of hydrogen-bond donors (Lipinski definition) is 3. The topological polar surface area (TPSA) is 67.2 Å². The fourth-order valence-electron chi connectivity index (χ4n) is 2.88. The minimum Gasteiger partial charge on any atom is -0.381 e. The van der Waals surface area contributed by atoms with Gasteiger partial charge < -0.3 is 11.1 Å². The molecule has 3 aromatic rings. The first-order chi connectivity index (χ1) is 13.5. The van der Waals surface area contributed by atoms with Crippen molar-refractivity contribution < 1.29 is 13.6 Å². The summed E-state index contributed by atoms with van der Waals surface area (Å²) in [5.74, 6) is -1.25. The van der Waals surface area contributed by atoms with Crippen molar-refractivity contribution in [3.8, 4) is 0 Å². The molecule has 6 heteroatoms. The predicted octanol–water partition coefficient (Wildman–Crippen LogP) is 3.89. The Morgan fingerprint density at radius 2 is 1.54 bits per heavy atom. The van der Waals surface area contributed by atoms with Crippen molar-refractivity contribution in [3.05, 3.63) is 101 Å². The number of carbonyl (C=O) groups excluding carboxylic acids is 1. The number of benzene rings is 3. The molecule has 3 aromatic carbocycles. The fourth-order valence-corrected chi connectivity index (χ4v) is 2.88. The zero-order valence-electron chi connectivity index (χ0n) is 15.2. The Balaban J connectivity index is 1.58. The van der Waals surface area contributed by atoms with Crippen molar-refractivity contribution in [2.75, 3.05) is 5.32 Å². The van der Waals surface area contributed by atoms with Crippen LogP contribution in [0.3, 0.4) is 0 Å². The van der Waals surface area contributed by atoms with Gasteiger partial charge in [0.05, 0.1) is 0 Å². The highest BCUT2D eigenvalue weighted by Gasteiger charge is 2.17. The van der Waals surface area contributed by atoms with E-state index >= 15 is 0 Å². The van der Waals surface area contributed by atoms with Crippen LogP contribution in [0.4, 0.5) is 14.5 Å². The molecule has 28 heavy (non-hydrogen) atoms. The molecule has 0 aliphatic heterocycles. The molecule has 0 saturated heterocycles. The number of anilines is 1. The molecule has 1 amide bonds. The fraction of sp³-hybridized carbons (Fsp3) is 0.136. The number of nitrogens with two attached hydrogens (primary N) is 1. The first-order valence-electron chi connectivity index (χ1n) is 8.87. The Hall–Kier alpha value is -3.25. The highest BCUT2D eigenvalue weighted by Crippen LogP contribution is 2.16. The summed E-state index contributed by atoms with van der Waals surface area (Å²) < 4.78 is 26.6. The van der Waals surface area contributed by atoms with Gasteiger partial charge in [0, 0.05) is 18.8 Å². The van der Waals surface area contributed by atoms with Crippen LogP contribution in [0.2, 0.25) is 0 Å². The van der Waals surface area contributed by atoms with Crippen LogP contribution in [0.15, 0.2) is 72.8 Å². The maximum Gasteiger partial charge on any atom is 0.239 e. The molecule has 0 aliphatic carbocycles. The van der Waals surface area contributed by atoms with Crippen LogP contribution in [-0.2, 0) is 17.9 Å². The van der Waals surface area contributed by atoms with Crippen LogP contribution in [0.25, 0.3) is 0 Å². The van der Waals surface area contributed by atoms with Gasteiger partial charge in [0.2, 0.25) is 5.91 Å². The Bertz CT molecular complexity index is 945. The summed E-state index contributed by atoms with van der Waals surface area (Å²) in [6.07, 6.45) is 0. The largest absolute Gasteiger partial charge is 0.381 e. The highest BCUT2D eigenvalue weighted by atomic mass is 19.1. The van der Waals surface area contributed by atoms with Gasteiger partial charge in [0.25, 0.3) is 0 Å². The van der Waals surface area contributed by atoms with Crippen molar-refractivity contribution >= 4 is 11.6 Å². The molecule has 0 aliphatic rings. The number of primary amides is 1. The molecular formula is C22H21F2N3O. The van der Waals surface area contributed by atoms with Gasteiger partial charge in [-0.25, -0.2) is 8.78 Å². The summed E-state index contributed by atoms with van der Waals surface area (Å²) >= 11 is 0. The summed E-state index contributed by atoms with van der Waals surface area (Å²) in [6, 6.07) is 19.1. The second-order valence-corrected chi connectivity index (χ2v) is 6.45. The van der Waals surface area contributed by atoms with Gasteiger partial charge in [-0.15, -0.1) is 0 Å². The minimum atomic E-state index is -0.776. The lowest BCUT2D eigenvalue weighted by atomic mass is 10.1. The van der Waals surface area contributed by atoms with Gasteiger partial charge in [-0.1, -0.05) is 36.4 Å². The van der Waals surface area contributed by atoms with Crippen molar-refractivity contribution in [1.82, 2.24) is 5.32 Å². The van der Waals surface area contributed by atoms with Crippen molar-refractivity contribution in [3.63, 3.8) is 0 Å². The molecule has 0 radical (unpaired) electrons. The molecule has 144 valence electrons. The van der Waals surface area contributed by atoms with Gasteiger partial charge in [-0.3, -0.25) is 10.1 Å². The predicted molar refractivity (Wildman–Crippen MR) is 105 cm³/mol. The summed E-state index contributed by atoms with van der Waals surface area (Å²) in [7, 11) is 0. The minimum absolute atomic E-state index is 0.261. The van der Waals surface area contributed by atoms with Crippen LogP contribution in [0, 0.1) is 11.6 Å². The van der Waals surface area contributed by atoms with E-state index in [4.69, 9.17) is 5.73 Å². The molecule has 0 aromatic heterocycles. The number of nitrogens with one attached hydrogen (secondary N) is 2. The molecule has 0 fully saturated rings. The maximum absolute atomic E-state index is 13.4. The molecule has 0 bridgehead atoms. The molecular weight excluding hydrogens is 360 g/mol. The number of halogens is 2. The Morgan fingerprint density at radius 1 is 0.857 bits per heavy atom. The third kappa shape index (κ3) is 5.37. The van der Waals surface area contributed by atoms with E-state index in [0.717, 1.165) is 16.8 Å². The lowest BCUT2D eigenvalue weighted by Crippen LogP contribution is -2.33. The van der Waals surface area contributed by atoms with Crippen molar-refractivity contribution in [2.24, 2.45) is 5.73 Å². The number of rotatable bonds is 8. The summed E-state index contributed by atoms with van der Waals surface area (Å²) in [6.45, 7) is 0.910. The number of amides is 1. The number of hydrogen-bond acceptors (Lipinski definition) is 3. The van der Waals surface area contributed by atoms with E-state index in [1.807, 2.05) is 30.3 Å². The standard InChI is InChI=1S/C22H21F2N3O/c23-18-5-1-3-16(11-18)14-26-20-9-7-15(8-10-20)13-27-21(22(25)28)17-4-2-6-19(24)12-17/h1-12,21,26-27H,13-14H2,(H2,25,28). The zero-order valence-corrected chi connectivity index (χ0v) is 15.2. The average Bonchev–Trinajstić information content (AvgIpc) is 2.67. The smallest absolute Gasteiger partial charge is 0.239 e. The van der Waals surface area contributed by atoms with Gasteiger partial charge in [0.1, 0.15) is 17.7 Å². The van der Waals surface area contributed by atoms with Gasteiger partial charge in [-0.2, -0.15) is 0 Å². The summed E-state index contributed by atoms with van der Waals surface area (Å²) in [5.41, 5.74) is 8.63. The molecule has 4 nitrogen and oxygen atoms in total. The first-order valence-corrected chi connectivity index (χ1v) is 8.87. The monoisotopic (exact) mass is 381 g/mol. The Morgan fingerprint density at radius 3 is 2.18 bits per heavy atom. The second-order valence-electron chi connectivity index (χ2n) is 6.45. The summed E-state index contributed by atoms with van der Waals surface area (Å²) in [4.78, 5) is 11.7. The Kier molecular flexibility index (Phi) is 6.34. The third-order valence-electron chi connectivity index (χ3n) is 4.32. The zero-order chi connectivity index (χ0) is 19.9. The van der Waals surface area contributed by atoms with E-state index in [2.05, 4.69) is 10.6 Å². The molecule has 0 saturated carbocycles. The normalized spacial score (nSPS) is 11.8. The SMILES string of the molecule is NC(=O)C(NCc1ccc(NCc2cccc(F)c2)cc1)c1cccc(F)c1. The van der Waals surface area contributed by atoms with Crippen LogP contribution < -0.4 is 16.4 Å². The van der Waals surface area contributed by atoms with Crippen LogP contribution in [0.1, 0.15) is 22.7 Å². The van der Waals surface area contributed by atoms with E-state index in [-0.39, 0.29) is 5.82 Å². The number of carbonyl (C=O) groups is 1. The van der Waals surface area contributed by atoms with Crippen LogP contribution in [-0.4, -0.2) is 5.91 Å². The Labute approximate surface area is 162 Å². The highest BCUT2D eigenvalue weighted by molar-refractivity contribution is 5.81.